The number of carbonyl (C=O) groups is 3. The number of nitrogens with one attached hydrogen (secondary N) is 2. The number of urea groups is 1. The maximum absolute atomic E-state index is 12.3. The Labute approximate surface area is 154 Å². The third-order valence-electron chi connectivity index (χ3n) is 5.92. The molecule has 0 unspecified atom stereocenters. The van der Waals surface area contributed by atoms with Gasteiger partial charge in [0.05, 0.1) is 6.61 Å². The molecule has 0 radical (unpaired) electrons. The molecule has 4 aliphatic rings. The summed E-state index contributed by atoms with van der Waals surface area (Å²) in [6.45, 7) is 2.01. The lowest BCUT2D eigenvalue weighted by Gasteiger charge is -2.56. The molecule has 26 heavy (non-hydrogen) atoms. The van der Waals surface area contributed by atoms with Gasteiger partial charge in [0.15, 0.2) is 6.61 Å². The normalized spacial score (nSPS) is 31.3. The van der Waals surface area contributed by atoms with Gasteiger partial charge in [0.1, 0.15) is 0 Å². The van der Waals surface area contributed by atoms with Crippen LogP contribution in [0.4, 0.5) is 4.79 Å². The van der Waals surface area contributed by atoms with Crippen LogP contribution >= 0.6 is 0 Å². The average molecular weight is 366 g/mol. The second-order valence-electron chi connectivity index (χ2n) is 8.15. The van der Waals surface area contributed by atoms with Crippen molar-refractivity contribution in [1.29, 1.82) is 0 Å². The Balaban J connectivity index is 1.30. The van der Waals surface area contributed by atoms with Crippen LogP contribution in [-0.2, 0) is 19.1 Å². The molecule has 4 saturated carbocycles. The van der Waals surface area contributed by atoms with Crippen molar-refractivity contribution in [2.75, 3.05) is 19.8 Å². The van der Waals surface area contributed by atoms with Crippen molar-refractivity contribution in [3.63, 3.8) is 0 Å². The van der Waals surface area contributed by atoms with Gasteiger partial charge in [0.2, 0.25) is 0 Å². The highest BCUT2D eigenvalue weighted by Crippen LogP contribution is 2.55. The van der Waals surface area contributed by atoms with Crippen LogP contribution in [0.25, 0.3) is 0 Å². The van der Waals surface area contributed by atoms with Gasteiger partial charge in [-0.05, 0) is 69.6 Å². The number of esters is 2. The molecule has 7 heteroatoms. The van der Waals surface area contributed by atoms with E-state index in [1.54, 1.807) is 6.92 Å². The highest BCUT2D eigenvalue weighted by molar-refractivity contribution is 5.76. The molecule has 4 fully saturated rings. The number of hydrogen-bond acceptors (Lipinski definition) is 5. The number of amides is 2. The molecule has 0 aromatic carbocycles. The van der Waals surface area contributed by atoms with Crippen LogP contribution in [0.3, 0.4) is 0 Å². The van der Waals surface area contributed by atoms with Crippen LogP contribution in [-0.4, -0.2) is 43.3 Å². The minimum atomic E-state index is -0.547. The first kappa shape index (κ1) is 19.0. The third-order valence-corrected chi connectivity index (χ3v) is 5.92. The van der Waals surface area contributed by atoms with Gasteiger partial charge in [-0.15, -0.1) is 0 Å². The largest absolute Gasteiger partial charge is 0.463 e. The molecule has 0 aromatic rings. The van der Waals surface area contributed by atoms with E-state index in [-0.39, 0.29) is 31.2 Å². The fraction of sp³-hybridized carbons (Fsp3) is 0.842. The van der Waals surface area contributed by atoms with Gasteiger partial charge in [-0.3, -0.25) is 4.79 Å². The number of hydrogen-bond donors (Lipinski definition) is 2. The molecule has 2 N–H and O–H groups in total. The molecule has 2 amide bonds. The topological polar surface area (TPSA) is 93.7 Å². The van der Waals surface area contributed by atoms with E-state index in [1.807, 2.05) is 0 Å². The van der Waals surface area contributed by atoms with Crippen LogP contribution in [0.1, 0.15) is 58.3 Å². The summed E-state index contributed by atoms with van der Waals surface area (Å²) in [5.74, 6) is 1.36. The highest BCUT2D eigenvalue weighted by atomic mass is 16.6. The monoisotopic (exact) mass is 366 g/mol. The smallest absolute Gasteiger partial charge is 0.344 e. The summed E-state index contributed by atoms with van der Waals surface area (Å²) in [4.78, 5) is 34.9. The summed E-state index contributed by atoms with van der Waals surface area (Å²) in [5.41, 5.74) is -0.00258. The second kappa shape index (κ2) is 8.27. The van der Waals surface area contributed by atoms with E-state index in [4.69, 9.17) is 4.74 Å². The maximum Gasteiger partial charge on any atom is 0.344 e. The molecule has 0 saturated heterocycles. The summed E-state index contributed by atoms with van der Waals surface area (Å²) in [7, 11) is 0. The zero-order valence-electron chi connectivity index (χ0n) is 15.6. The van der Waals surface area contributed by atoms with Crippen molar-refractivity contribution in [2.45, 2.75) is 63.8 Å². The Morgan fingerprint density at radius 1 is 0.962 bits per heavy atom. The zero-order chi connectivity index (χ0) is 18.6. The second-order valence-corrected chi connectivity index (χ2v) is 8.15. The first-order valence-corrected chi connectivity index (χ1v) is 9.85. The lowest BCUT2D eigenvalue weighted by Crippen LogP contribution is -2.61. The van der Waals surface area contributed by atoms with Crippen molar-refractivity contribution in [3.8, 4) is 0 Å². The fourth-order valence-electron chi connectivity index (χ4n) is 5.40. The third kappa shape index (κ3) is 4.89. The Bertz CT molecular complexity index is 513. The lowest BCUT2D eigenvalue weighted by molar-refractivity contribution is -0.158. The average Bonchev–Trinajstić information content (AvgIpc) is 2.55. The summed E-state index contributed by atoms with van der Waals surface area (Å²) < 4.78 is 9.50. The standard InChI is InChI=1S/C19H30N2O5/c1-2-25-17(23)12-26-16(22)4-3-5-20-18(24)21-19-9-13-6-14(10-19)8-15(7-13)11-19/h13-15H,2-12H2,1H3,(H2,20,21,24). The minimum absolute atomic E-state index is 0.00258. The van der Waals surface area contributed by atoms with Crippen LogP contribution in [0, 0.1) is 17.8 Å². The van der Waals surface area contributed by atoms with Gasteiger partial charge in [-0.25, -0.2) is 9.59 Å². The van der Waals surface area contributed by atoms with Gasteiger partial charge in [-0.1, -0.05) is 0 Å². The molecular formula is C19H30N2O5. The zero-order valence-corrected chi connectivity index (χ0v) is 15.6. The van der Waals surface area contributed by atoms with E-state index in [2.05, 4.69) is 15.4 Å². The van der Waals surface area contributed by atoms with E-state index < -0.39 is 11.9 Å². The van der Waals surface area contributed by atoms with Gasteiger partial charge >= 0.3 is 18.0 Å². The van der Waals surface area contributed by atoms with Crippen LogP contribution in [0.2, 0.25) is 0 Å². The molecule has 0 spiro atoms. The predicted octanol–water partition coefficient (Wildman–Crippen LogP) is 2.14. The van der Waals surface area contributed by atoms with Crippen molar-refractivity contribution in [2.24, 2.45) is 17.8 Å². The van der Waals surface area contributed by atoms with E-state index in [9.17, 15) is 14.4 Å². The molecule has 0 aliphatic heterocycles. The van der Waals surface area contributed by atoms with Crippen molar-refractivity contribution < 1.29 is 23.9 Å². The first-order chi connectivity index (χ1) is 12.5. The van der Waals surface area contributed by atoms with Gasteiger partial charge in [0.25, 0.3) is 0 Å². The van der Waals surface area contributed by atoms with Crippen molar-refractivity contribution in [1.82, 2.24) is 10.6 Å². The van der Waals surface area contributed by atoms with E-state index in [0.717, 1.165) is 37.0 Å². The van der Waals surface area contributed by atoms with Crippen molar-refractivity contribution in [3.05, 3.63) is 0 Å². The molecule has 4 rings (SSSR count). The molecule has 0 atom stereocenters. The van der Waals surface area contributed by atoms with E-state index in [0.29, 0.717) is 13.0 Å². The number of ether oxygens (including phenoxy) is 2. The van der Waals surface area contributed by atoms with Crippen molar-refractivity contribution >= 4 is 18.0 Å². The first-order valence-electron chi connectivity index (χ1n) is 9.85. The van der Waals surface area contributed by atoms with E-state index in [1.165, 1.54) is 19.3 Å². The molecule has 7 nitrogen and oxygen atoms in total. The molecule has 4 bridgehead atoms. The fourth-order valence-corrected chi connectivity index (χ4v) is 5.40. The molecule has 146 valence electrons. The molecule has 4 aliphatic carbocycles. The Morgan fingerprint density at radius 3 is 2.15 bits per heavy atom. The summed E-state index contributed by atoms with van der Waals surface area (Å²) >= 11 is 0. The summed E-state index contributed by atoms with van der Waals surface area (Å²) in [6, 6.07) is -0.133. The summed E-state index contributed by atoms with van der Waals surface area (Å²) in [6.07, 6.45) is 8.03. The minimum Gasteiger partial charge on any atom is -0.463 e. The Morgan fingerprint density at radius 2 is 1.58 bits per heavy atom. The highest BCUT2D eigenvalue weighted by Gasteiger charge is 2.51. The Kier molecular flexibility index (Phi) is 6.04. The predicted molar refractivity (Wildman–Crippen MR) is 94.3 cm³/mol. The van der Waals surface area contributed by atoms with E-state index >= 15 is 0 Å². The van der Waals surface area contributed by atoms with Gasteiger partial charge in [0, 0.05) is 18.5 Å². The van der Waals surface area contributed by atoms with Crippen LogP contribution in [0.5, 0.6) is 0 Å². The number of rotatable bonds is 8. The molecular weight excluding hydrogens is 336 g/mol. The Hall–Kier alpha value is -1.79. The van der Waals surface area contributed by atoms with Crippen LogP contribution in [0.15, 0.2) is 0 Å². The van der Waals surface area contributed by atoms with Gasteiger partial charge < -0.3 is 20.1 Å². The molecule has 0 heterocycles. The SMILES string of the molecule is CCOC(=O)COC(=O)CCCNC(=O)NC12CC3CC(CC(C3)C1)C2. The molecule has 0 aromatic heterocycles. The number of carbonyl (C=O) groups excluding carboxylic acids is 3. The lowest BCUT2D eigenvalue weighted by atomic mass is 9.53. The summed E-state index contributed by atoms with van der Waals surface area (Å²) in [5, 5.41) is 6.09. The van der Waals surface area contributed by atoms with Crippen LogP contribution < -0.4 is 10.6 Å². The maximum atomic E-state index is 12.3. The quantitative estimate of drug-likeness (QED) is 0.507. The van der Waals surface area contributed by atoms with Gasteiger partial charge in [-0.2, -0.15) is 0 Å².